The summed E-state index contributed by atoms with van der Waals surface area (Å²) in [5.74, 6) is 0. The van der Waals surface area contributed by atoms with Crippen LogP contribution in [-0.2, 0) is 10.8 Å². The SMILES string of the molecule is CN(c1ccccc1)c1ccc(N(C)c2ccccc2)c2nc3c(nc12)-c1ccccc1C1(c2ccccc2-c2ccccc21)c1ccccc1-3.CN(c1ccccc1)c1ccc(N(C)c2ccccc2)c2nc3c(nc12)-c1ccccc1C1(c2ccccc2-c2ccccc21)c1ccccc1-3. The van der Waals surface area contributed by atoms with E-state index in [4.69, 9.17) is 19.9 Å². The molecular weight excluding hydrogens is 1240 g/mol. The van der Waals surface area contributed by atoms with Crippen molar-refractivity contribution in [2.45, 2.75) is 10.8 Å². The molecule has 0 amide bonds. The molecule has 0 aliphatic heterocycles. The zero-order valence-corrected chi connectivity index (χ0v) is 56.9. The van der Waals surface area contributed by atoms with Gasteiger partial charge in [-0.1, -0.05) is 267 Å². The highest BCUT2D eigenvalue weighted by atomic mass is 15.2. The number of para-hydroxylation sites is 4. The van der Waals surface area contributed by atoms with Gasteiger partial charge in [0.05, 0.1) is 56.4 Å². The third kappa shape index (κ3) is 8.88. The van der Waals surface area contributed by atoms with E-state index in [0.717, 1.165) is 113 Å². The molecule has 484 valence electrons. The third-order valence-electron chi connectivity index (χ3n) is 21.8. The Morgan fingerprint density at radius 3 is 0.529 bits per heavy atom. The summed E-state index contributed by atoms with van der Waals surface area (Å²) in [5, 5.41) is 0. The lowest BCUT2D eigenvalue weighted by Crippen LogP contribution is -2.29. The van der Waals surface area contributed by atoms with Crippen molar-refractivity contribution >= 4 is 67.6 Å². The average Bonchev–Trinajstić information content (AvgIpc) is 1.51. The Bertz CT molecular complexity index is 5260. The molecule has 0 N–H and O–H groups in total. The molecule has 8 heteroatoms. The molecule has 2 aromatic heterocycles. The number of aromatic nitrogens is 4. The molecule has 0 saturated heterocycles. The van der Waals surface area contributed by atoms with E-state index in [1.54, 1.807) is 0 Å². The normalized spacial score (nSPS) is 13.1. The van der Waals surface area contributed by atoms with E-state index < -0.39 is 10.8 Å². The van der Waals surface area contributed by atoms with Crippen molar-refractivity contribution in [3.63, 3.8) is 0 Å². The zero-order chi connectivity index (χ0) is 68.2. The van der Waals surface area contributed by atoms with E-state index in [-0.39, 0.29) is 0 Å². The van der Waals surface area contributed by atoms with Crippen LogP contribution in [0, 0.1) is 0 Å². The van der Waals surface area contributed by atoms with E-state index in [0.29, 0.717) is 0 Å². The first kappa shape index (κ1) is 60.2. The molecule has 4 aliphatic rings. The van der Waals surface area contributed by atoms with Gasteiger partial charge in [0.1, 0.15) is 22.1 Å². The summed E-state index contributed by atoms with van der Waals surface area (Å²) in [7, 11) is 8.46. The molecule has 20 rings (SSSR count). The monoisotopic (exact) mass is 1310 g/mol. The van der Waals surface area contributed by atoms with Gasteiger partial charge in [-0.3, -0.25) is 0 Å². The second-order valence-corrected chi connectivity index (χ2v) is 26.9. The Balaban J connectivity index is 0.000000141. The minimum absolute atomic E-state index is 0.553. The highest BCUT2D eigenvalue weighted by molar-refractivity contribution is 6.07. The average molecular weight is 1310 g/mol. The number of hydrogen-bond acceptors (Lipinski definition) is 8. The van der Waals surface area contributed by atoms with Crippen LogP contribution in [0.5, 0.6) is 0 Å². The molecule has 16 aromatic rings. The minimum Gasteiger partial charge on any atom is -0.343 e. The number of benzene rings is 14. The maximum absolute atomic E-state index is 5.73. The molecule has 2 spiro atoms. The second kappa shape index (κ2) is 23.9. The minimum atomic E-state index is -0.553. The zero-order valence-electron chi connectivity index (χ0n) is 56.9. The summed E-state index contributed by atoms with van der Waals surface area (Å²) in [5.41, 5.74) is 33.8. The van der Waals surface area contributed by atoms with Crippen molar-refractivity contribution in [1.29, 1.82) is 0 Å². The van der Waals surface area contributed by atoms with Gasteiger partial charge in [-0.25, -0.2) is 19.9 Å². The molecule has 0 radical (unpaired) electrons. The van der Waals surface area contributed by atoms with E-state index in [1.807, 2.05) is 0 Å². The van der Waals surface area contributed by atoms with Crippen LogP contribution in [0.25, 0.3) is 89.4 Å². The van der Waals surface area contributed by atoms with E-state index >= 15 is 0 Å². The van der Waals surface area contributed by atoms with Crippen molar-refractivity contribution in [2.75, 3.05) is 47.8 Å². The predicted octanol–water partition coefficient (Wildman–Crippen LogP) is 22.4. The van der Waals surface area contributed by atoms with Crippen LogP contribution >= 0.6 is 0 Å². The molecule has 0 atom stereocenters. The van der Waals surface area contributed by atoms with Crippen LogP contribution in [0.4, 0.5) is 45.5 Å². The maximum atomic E-state index is 5.73. The van der Waals surface area contributed by atoms with Gasteiger partial charge in [0, 0.05) is 73.2 Å². The summed E-state index contributed by atoms with van der Waals surface area (Å²) in [6.07, 6.45) is 0. The van der Waals surface area contributed by atoms with Gasteiger partial charge >= 0.3 is 0 Å². The summed E-state index contributed by atoms with van der Waals surface area (Å²) < 4.78 is 0. The Hall–Kier alpha value is -13.0. The van der Waals surface area contributed by atoms with Gasteiger partial charge in [-0.05, 0) is 140 Å². The van der Waals surface area contributed by atoms with Crippen LogP contribution in [0.2, 0.25) is 0 Å². The van der Waals surface area contributed by atoms with Crippen LogP contribution in [0.15, 0.2) is 340 Å². The molecule has 0 bridgehead atoms. The first-order valence-corrected chi connectivity index (χ1v) is 34.9. The van der Waals surface area contributed by atoms with E-state index in [1.165, 1.54) is 66.8 Å². The van der Waals surface area contributed by atoms with Crippen molar-refractivity contribution in [3.05, 3.63) is 384 Å². The Kier molecular flexibility index (Phi) is 14.1. The molecule has 14 aromatic carbocycles. The van der Waals surface area contributed by atoms with Crippen molar-refractivity contribution in [2.24, 2.45) is 0 Å². The highest BCUT2D eigenvalue weighted by Gasteiger charge is 2.52. The predicted molar refractivity (Wildman–Crippen MR) is 421 cm³/mol. The molecule has 2 heterocycles. The fourth-order valence-corrected chi connectivity index (χ4v) is 17.2. The fraction of sp³-hybridized carbons (Fsp3) is 0.0638. The number of hydrogen-bond donors (Lipinski definition) is 0. The largest absolute Gasteiger partial charge is 0.343 e. The first-order valence-electron chi connectivity index (χ1n) is 34.9. The number of nitrogens with zero attached hydrogens (tertiary/aromatic N) is 8. The van der Waals surface area contributed by atoms with E-state index in [2.05, 4.69) is 388 Å². The molecule has 4 aliphatic carbocycles. The Morgan fingerprint density at radius 1 is 0.176 bits per heavy atom. The van der Waals surface area contributed by atoms with Crippen LogP contribution < -0.4 is 19.6 Å². The number of anilines is 8. The molecule has 0 unspecified atom stereocenters. The Labute approximate surface area is 594 Å². The third-order valence-corrected chi connectivity index (χ3v) is 21.8. The van der Waals surface area contributed by atoms with Crippen LogP contribution in [0.3, 0.4) is 0 Å². The lowest BCUT2D eigenvalue weighted by Gasteiger charge is -2.35. The van der Waals surface area contributed by atoms with Gasteiger partial charge in [-0.2, -0.15) is 0 Å². The number of rotatable bonds is 8. The summed E-state index contributed by atoms with van der Waals surface area (Å²) in [6, 6.07) is 122. The summed E-state index contributed by atoms with van der Waals surface area (Å²) in [4.78, 5) is 31.8. The smallest absolute Gasteiger partial charge is 0.115 e. The fourth-order valence-electron chi connectivity index (χ4n) is 17.2. The lowest BCUT2D eigenvalue weighted by atomic mass is 9.66. The first-order chi connectivity index (χ1) is 50.3. The molecular formula is C94H68N8. The van der Waals surface area contributed by atoms with Crippen molar-refractivity contribution < 1.29 is 0 Å². The number of fused-ring (bicyclic) bond motifs is 26. The standard InChI is InChI=1S/2C47H34N4/c2*1-50(31-17-5-3-6-18-31)41-29-30-42(51(2)32-19-7-4-8-20-32)46-45(41)48-43-35-23-11-15-27-39(35)47(40-28-16-12-24-36(40)44(43)49-46)37-25-13-9-21-33(37)34-22-10-14-26-38(34)47/h2*3-30H,1-2H3. The Morgan fingerprint density at radius 2 is 0.333 bits per heavy atom. The topological polar surface area (TPSA) is 64.5 Å². The molecule has 8 nitrogen and oxygen atoms in total. The lowest BCUT2D eigenvalue weighted by molar-refractivity contribution is 0.775. The van der Waals surface area contributed by atoms with Crippen LogP contribution in [-0.4, -0.2) is 48.1 Å². The highest BCUT2D eigenvalue weighted by Crippen LogP contribution is 2.63. The van der Waals surface area contributed by atoms with E-state index in [9.17, 15) is 0 Å². The molecule has 0 fully saturated rings. The van der Waals surface area contributed by atoms with Gasteiger partial charge in [0.25, 0.3) is 0 Å². The molecule has 102 heavy (non-hydrogen) atoms. The van der Waals surface area contributed by atoms with Crippen molar-refractivity contribution in [3.8, 4) is 67.3 Å². The van der Waals surface area contributed by atoms with Gasteiger partial charge < -0.3 is 19.6 Å². The quantitative estimate of drug-likeness (QED) is 0.149. The molecule has 0 saturated carbocycles. The second-order valence-electron chi connectivity index (χ2n) is 26.9. The van der Waals surface area contributed by atoms with Gasteiger partial charge in [0.15, 0.2) is 0 Å². The van der Waals surface area contributed by atoms with Gasteiger partial charge in [-0.15, -0.1) is 0 Å². The van der Waals surface area contributed by atoms with Crippen LogP contribution in [0.1, 0.15) is 44.5 Å². The maximum Gasteiger partial charge on any atom is 0.115 e. The summed E-state index contributed by atoms with van der Waals surface area (Å²) in [6.45, 7) is 0. The summed E-state index contributed by atoms with van der Waals surface area (Å²) >= 11 is 0. The van der Waals surface area contributed by atoms with Gasteiger partial charge in [0.2, 0.25) is 0 Å². The van der Waals surface area contributed by atoms with Crippen molar-refractivity contribution in [1.82, 2.24) is 19.9 Å².